The molecular weight excluding hydrogens is 378 g/mol. The fraction of sp³-hybridized carbons (Fsp3) is 0.895. The average molecular weight is 414 g/mol. The first-order valence-corrected chi connectivity index (χ1v) is 10.7. The Morgan fingerprint density at radius 3 is 2.83 bits per heavy atom. The zero-order valence-electron chi connectivity index (χ0n) is 16.9. The minimum absolute atomic E-state index is 0.0817. The van der Waals surface area contributed by atoms with Crippen LogP contribution >= 0.6 is 0 Å². The van der Waals surface area contributed by atoms with Crippen molar-refractivity contribution in [3.05, 3.63) is 11.6 Å². The van der Waals surface area contributed by atoms with E-state index in [1.54, 1.807) is 0 Å². The first-order valence-electron chi connectivity index (χ1n) is 10.7. The van der Waals surface area contributed by atoms with Gasteiger partial charge in [-0.1, -0.05) is 11.6 Å². The van der Waals surface area contributed by atoms with E-state index < -0.39 is 12.3 Å². The molecule has 166 valence electrons. The van der Waals surface area contributed by atoms with Crippen molar-refractivity contribution in [1.82, 2.24) is 26.6 Å². The van der Waals surface area contributed by atoms with Gasteiger partial charge in [0.2, 0.25) is 0 Å². The van der Waals surface area contributed by atoms with Gasteiger partial charge in [-0.25, -0.2) is 5.32 Å². The van der Waals surface area contributed by atoms with Crippen molar-refractivity contribution < 1.29 is 24.8 Å². The first kappa shape index (κ1) is 21.6. The number of fused-ring (bicyclic) bond motifs is 1. The van der Waals surface area contributed by atoms with Crippen LogP contribution in [0.4, 0.5) is 0 Å². The summed E-state index contributed by atoms with van der Waals surface area (Å²) in [7, 11) is 0. The third-order valence-electron chi connectivity index (χ3n) is 6.34. The lowest BCUT2D eigenvalue weighted by Crippen LogP contribution is -2.70. The van der Waals surface area contributed by atoms with Crippen molar-refractivity contribution in [1.29, 1.82) is 0 Å². The molecule has 1 aliphatic carbocycles. The molecule has 0 radical (unpaired) electrons. The van der Waals surface area contributed by atoms with Gasteiger partial charge in [-0.2, -0.15) is 0 Å². The predicted molar refractivity (Wildman–Crippen MR) is 105 cm³/mol. The third-order valence-corrected chi connectivity index (χ3v) is 6.34. The van der Waals surface area contributed by atoms with E-state index in [-0.39, 0.29) is 30.6 Å². The summed E-state index contributed by atoms with van der Waals surface area (Å²) in [6.07, 6.45) is 3.59. The zero-order valence-corrected chi connectivity index (χ0v) is 16.9. The number of hydrogen-bond donors (Lipinski definition) is 8. The van der Waals surface area contributed by atoms with Crippen LogP contribution in [-0.4, -0.2) is 78.0 Å². The number of ether oxygens (including phenoxy) is 2. The smallest absolute Gasteiger partial charge is 0.344 e. The highest BCUT2D eigenvalue weighted by atomic mass is 16.7. The third kappa shape index (κ3) is 5.73. The minimum atomic E-state index is -2.91. The van der Waals surface area contributed by atoms with E-state index in [4.69, 9.17) is 9.47 Å². The van der Waals surface area contributed by atoms with Crippen LogP contribution in [0.5, 0.6) is 0 Å². The van der Waals surface area contributed by atoms with Gasteiger partial charge in [-0.3, -0.25) is 16.0 Å². The van der Waals surface area contributed by atoms with Crippen molar-refractivity contribution in [2.45, 2.75) is 81.9 Å². The molecule has 7 atom stereocenters. The maximum Gasteiger partial charge on any atom is 0.344 e. The van der Waals surface area contributed by atoms with Crippen LogP contribution in [0.1, 0.15) is 39.0 Å². The molecule has 4 aliphatic rings. The Bertz CT molecular complexity index is 586. The van der Waals surface area contributed by atoms with Crippen LogP contribution < -0.4 is 26.6 Å². The summed E-state index contributed by atoms with van der Waals surface area (Å²) in [6, 6.07) is 0.348. The molecule has 10 heteroatoms. The summed E-state index contributed by atoms with van der Waals surface area (Å²) < 4.78 is 11.8. The van der Waals surface area contributed by atoms with E-state index in [1.165, 1.54) is 5.57 Å². The van der Waals surface area contributed by atoms with Crippen LogP contribution in [0.2, 0.25) is 0 Å². The van der Waals surface area contributed by atoms with Gasteiger partial charge in [-0.05, 0) is 45.6 Å². The molecule has 0 amide bonds. The highest BCUT2D eigenvalue weighted by molar-refractivity contribution is 5.15. The molecular formula is C19H35N5O5. The van der Waals surface area contributed by atoms with E-state index in [0.717, 1.165) is 38.8 Å². The molecule has 29 heavy (non-hydrogen) atoms. The maximum absolute atomic E-state index is 9.25. The lowest BCUT2D eigenvalue weighted by molar-refractivity contribution is -0.337. The van der Waals surface area contributed by atoms with Gasteiger partial charge in [0.15, 0.2) is 0 Å². The minimum Gasteiger partial charge on any atom is -0.349 e. The molecule has 0 aromatic rings. The zero-order chi connectivity index (χ0) is 20.4. The Kier molecular flexibility index (Phi) is 6.86. The molecule has 4 rings (SSSR count). The van der Waals surface area contributed by atoms with Gasteiger partial charge in [0.25, 0.3) is 0 Å². The summed E-state index contributed by atoms with van der Waals surface area (Å²) in [5, 5.41) is 43.8. The van der Waals surface area contributed by atoms with Gasteiger partial charge in [0.1, 0.15) is 13.1 Å². The summed E-state index contributed by atoms with van der Waals surface area (Å²) in [4.78, 5) is 0. The first-order chi connectivity index (χ1) is 13.9. The van der Waals surface area contributed by atoms with Crippen molar-refractivity contribution in [2.24, 2.45) is 5.92 Å². The van der Waals surface area contributed by atoms with Crippen molar-refractivity contribution >= 4 is 0 Å². The molecule has 0 aromatic heterocycles. The normalized spacial score (nSPS) is 41.5. The molecule has 0 aromatic carbocycles. The summed E-state index contributed by atoms with van der Waals surface area (Å²) in [5.74, 6) is 0.337. The molecule has 3 heterocycles. The van der Waals surface area contributed by atoms with Gasteiger partial charge >= 0.3 is 6.10 Å². The summed E-state index contributed by atoms with van der Waals surface area (Å²) >= 11 is 0. The Morgan fingerprint density at radius 2 is 2.00 bits per heavy atom. The number of hydrogen-bond acceptors (Lipinski definition) is 10. The van der Waals surface area contributed by atoms with E-state index >= 15 is 0 Å². The topological polar surface area (TPSA) is 139 Å². The number of rotatable bonds is 5. The van der Waals surface area contributed by atoms with Crippen LogP contribution in [0.3, 0.4) is 0 Å². The second-order valence-corrected chi connectivity index (χ2v) is 8.72. The quantitative estimate of drug-likeness (QED) is 0.192. The number of nitrogens with one attached hydrogen (secondary N) is 5. The second-order valence-electron chi connectivity index (χ2n) is 8.72. The molecule has 0 bridgehead atoms. The Labute approximate surface area is 171 Å². The lowest BCUT2D eigenvalue weighted by atomic mass is 9.76. The molecule has 1 saturated carbocycles. The van der Waals surface area contributed by atoms with Crippen molar-refractivity contribution in [3.8, 4) is 0 Å². The molecule has 2 saturated heterocycles. The summed E-state index contributed by atoms with van der Waals surface area (Å²) in [6.45, 7) is 4.34. The monoisotopic (exact) mass is 413 g/mol. The molecule has 7 unspecified atom stereocenters. The second kappa shape index (κ2) is 9.23. The Balaban J connectivity index is 1.40. The van der Waals surface area contributed by atoms with Gasteiger partial charge in [0.05, 0.1) is 18.4 Å². The molecule has 0 spiro atoms. The maximum atomic E-state index is 9.25. The molecule has 10 nitrogen and oxygen atoms in total. The SMILES string of the molecule is CC1CC(NC(O)(O)O)NC(NC2CC3OCOC3C(C3=CCNCCC3)C2)N1. The molecule has 3 aliphatic heterocycles. The van der Waals surface area contributed by atoms with Crippen LogP contribution in [0.25, 0.3) is 0 Å². The fourth-order valence-electron chi connectivity index (χ4n) is 5.15. The highest BCUT2D eigenvalue weighted by Gasteiger charge is 2.44. The Hall–Kier alpha value is -0.660. The number of aliphatic hydroxyl groups is 3. The standard InChI is InChI=1S/C19H35N5O5/c1-11-7-16(24-19(25,26)27)23-18(21-11)22-13-8-14(12-3-2-5-20-6-4-12)17-15(9-13)28-10-29-17/h4,11,13-18,20-27H,2-3,5-10H2,1H3. The van der Waals surface area contributed by atoms with E-state index in [9.17, 15) is 15.3 Å². The summed E-state index contributed by atoms with van der Waals surface area (Å²) in [5.41, 5.74) is 1.46. The van der Waals surface area contributed by atoms with Crippen molar-refractivity contribution in [3.63, 3.8) is 0 Å². The van der Waals surface area contributed by atoms with Crippen LogP contribution in [-0.2, 0) is 9.47 Å². The highest BCUT2D eigenvalue weighted by Crippen LogP contribution is 2.39. The average Bonchev–Trinajstić information content (AvgIpc) is 2.92. The predicted octanol–water partition coefficient (Wildman–Crippen LogP) is -1.84. The van der Waals surface area contributed by atoms with Gasteiger partial charge in [-0.15, -0.1) is 0 Å². The van der Waals surface area contributed by atoms with E-state index in [0.29, 0.717) is 19.1 Å². The van der Waals surface area contributed by atoms with Gasteiger partial charge < -0.3 is 30.1 Å². The fourth-order valence-corrected chi connectivity index (χ4v) is 5.15. The Morgan fingerprint density at radius 1 is 1.14 bits per heavy atom. The van der Waals surface area contributed by atoms with Gasteiger partial charge in [0, 0.05) is 24.5 Å². The van der Waals surface area contributed by atoms with E-state index in [1.807, 2.05) is 6.92 Å². The van der Waals surface area contributed by atoms with Crippen LogP contribution in [0, 0.1) is 5.92 Å². The largest absolute Gasteiger partial charge is 0.349 e. The van der Waals surface area contributed by atoms with Crippen molar-refractivity contribution in [2.75, 3.05) is 19.9 Å². The lowest BCUT2D eigenvalue weighted by Gasteiger charge is -2.43. The van der Waals surface area contributed by atoms with E-state index in [2.05, 4.69) is 32.7 Å². The molecule has 8 N–H and O–H groups in total. The van der Waals surface area contributed by atoms with Crippen LogP contribution in [0.15, 0.2) is 11.6 Å². The molecule has 3 fully saturated rings.